The van der Waals surface area contributed by atoms with Gasteiger partial charge < -0.3 is 5.32 Å². The van der Waals surface area contributed by atoms with E-state index < -0.39 is 9.84 Å². The summed E-state index contributed by atoms with van der Waals surface area (Å²) in [6.45, 7) is 0. The lowest BCUT2D eigenvalue weighted by Crippen LogP contribution is -2.45. The Balaban J connectivity index is 1.86. The van der Waals surface area contributed by atoms with Crippen molar-refractivity contribution in [2.45, 2.75) is 57.4 Å². The number of hydrogen-bond donors (Lipinski definition) is 1. The highest BCUT2D eigenvalue weighted by Gasteiger charge is 2.28. The predicted octanol–water partition coefficient (Wildman–Crippen LogP) is 1.65. The van der Waals surface area contributed by atoms with Crippen molar-refractivity contribution >= 4 is 15.7 Å². The molecule has 1 aliphatic heterocycles. The molecule has 1 atom stereocenters. The van der Waals surface area contributed by atoms with Crippen molar-refractivity contribution in [2.24, 2.45) is 5.92 Å². The van der Waals surface area contributed by atoms with Crippen molar-refractivity contribution < 1.29 is 13.2 Å². The van der Waals surface area contributed by atoms with Crippen molar-refractivity contribution in [3.05, 3.63) is 0 Å². The van der Waals surface area contributed by atoms with Gasteiger partial charge in [0.15, 0.2) is 9.84 Å². The normalized spacial score (nSPS) is 29.4. The van der Waals surface area contributed by atoms with E-state index in [1.165, 1.54) is 12.8 Å². The van der Waals surface area contributed by atoms with Crippen molar-refractivity contribution in [1.82, 2.24) is 5.32 Å². The molecule has 1 saturated heterocycles. The summed E-state index contributed by atoms with van der Waals surface area (Å²) in [5, 5.41) is 2.95. The maximum absolute atomic E-state index is 12.1. The number of nitrogens with one attached hydrogen (secondary N) is 1. The van der Waals surface area contributed by atoms with Gasteiger partial charge in [-0.05, 0) is 25.7 Å². The van der Waals surface area contributed by atoms with E-state index in [2.05, 4.69) is 5.32 Å². The van der Waals surface area contributed by atoms with Crippen LogP contribution in [0.2, 0.25) is 0 Å². The first-order valence-corrected chi connectivity index (χ1v) is 8.90. The first kappa shape index (κ1) is 13.8. The molecule has 0 aromatic rings. The van der Waals surface area contributed by atoms with Crippen LogP contribution in [0, 0.1) is 5.92 Å². The molecule has 0 bridgehead atoms. The second kappa shape index (κ2) is 6.04. The molecule has 2 rings (SSSR count). The maximum atomic E-state index is 12.1. The molecule has 1 saturated carbocycles. The van der Waals surface area contributed by atoms with Gasteiger partial charge in [0.25, 0.3) is 0 Å². The number of amides is 1. The molecule has 0 aromatic heterocycles. The smallest absolute Gasteiger partial charge is 0.223 e. The van der Waals surface area contributed by atoms with Crippen molar-refractivity contribution in [1.29, 1.82) is 0 Å². The Kier molecular flexibility index (Phi) is 4.65. The van der Waals surface area contributed by atoms with E-state index in [1.54, 1.807) is 0 Å². The molecular weight excluding hydrogens is 250 g/mol. The van der Waals surface area contributed by atoms with Crippen LogP contribution < -0.4 is 5.32 Å². The van der Waals surface area contributed by atoms with E-state index in [9.17, 15) is 13.2 Å². The minimum absolute atomic E-state index is 0.0824. The summed E-state index contributed by atoms with van der Waals surface area (Å²) in [7, 11) is -2.93. The van der Waals surface area contributed by atoms with Gasteiger partial charge in [0.2, 0.25) is 5.91 Å². The van der Waals surface area contributed by atoms with E-state index in [-0.39, 0.29) is 29.4 Å². The number of sulfone groups is 1. The van der Waals surface area contributed by atoms with Crippen LogP contribution in [-0.4, -0.2) is 31.9 Å². The van der Waals surface area contributed by atoms with E-state index in [1.807, 2.05) is 0 Å². The molecule has 2 fully saturated rings. The SMILES string of the molecule is O=C(N[C@H]1CCCS(=O)(=O)C1)C1CCCCCC1. The van der Waals surface area contributed by atoms with Gasteiger partial charge in [0.1, 0.15) is 0 Å². The Morgan fingerprint density at radius 1 is 0.944 bits per heavy atom. The molecule has 0 unspecified atom stereocenters. The van der Waals surface area contributed by atoms with E-state index in [4.69, 9.17) is 0 Å². The van der Waals surface area contributed by atoms with Crippen molar-refractivity contribution in [3.63, 3.8) is 0 Å². The Bertz CT molecular complexity index is 383. The third-order valence-electron chi connectivity index (χ3n) is 4.04. The summed E-state index contributed by atoms with van der Waals surface area (Å²) in [6.07, 6.45) is 8.11. The van der Waals surface area contributed by atoms with Gasteiger partial charge in [-0.3, -0.25) is 4.79 Å². The third kappa shape index (κ3) is 3.97. The average molecular weight is 273 g/mol. The van der Waals surface area contributed by atoms with Crippen LogP contribution in [0.1, 0.15) is 51.4 Å². The topological polar surface area (TPSA) is 63.2 Å². The van der Waals surface area contributed by atoms with Gasteiger partial charge in [-0.25, -0.2) is 8.42 Å². The number of hydrogen-bond acceptors (Lipinski definition) is 3. The lowest BCUT2D eigenvalue weighted by atomic mass is 9.99. The zero-order valence-electron chi connectivity index (χ0n) is 10.9. The van der Waals surface area contributed by atoms with E-state index >= 15 is 0 Å². The summed E-state index contributed by atoms with van der Waals surface area (Å²) >= 11 is 0. The van der Waals surface area contributed by atoms with Crippen LogP contribution in [0.25, 0.3) is 0 Å². The summed E-state index contributed by atoms with van der Waals surface area (Å²) in [5.74, 6) is 0.602. The molecular formula is C13H23NO3S. The molecule has 1 aliphatic carbocycles. The van der Waals surface area contributed by atoms with Crippen molar-refractivity contribution in [3.8, 4) is 0 Å². The van der Waals surface area contributed by atoms with Crippen LogP contribution in [0.15, 0.2) is 0 Å². The molecule has 1 N–H and O–H groups in total. The first-order valence-electron chi connectivity index (χ1n) is 7.08. The van der Waals surface area contributed by atoms with E-state index in [0.717, 1.165) is 32.1 Å². The first-order chi connectivity index (χ1) is 8.57. The Labute approximate surface area is 109 Å². The van der Waals surface area contributed by atoms with Gasteiger partial charge in [-0.2, -0.15) is 0 Å². The molecule has 2 aliphatic rings. The van der Waals surface area contributed by atoms with Crippen LogP contribution in [0.4, 0.5) is 0 Å². The Morgan fingerprint density at radius 2 is 1.61 bits per heavy atom. The average Bonchev–Trinajstić information content (AvgIpc) is 2.55. The summed E-state index contributed by atoms with van der Waals surface area (Å²) in [5.41, 5.74) is 0. The quantitative estimate of drug-likeness (QED) is 0.778. The number of rotatable bonds is 2. The number of carbonyl (C=O) groups is 1. The fourth-order valence-electron chi connectivity index (χ4n) is 3.00. The molecule has 0 radical (unpaired) electrons. The van der Waals surface area contributed by atoms with Crippen molar-refractivity contribution in [2.75, 3.05) is 11.5 Å². The fourth-order valence-corrected chi connectivity index (χ4v) is 4.63. The van der Waals surface area contributed by atoms with Gasteiger partial charge >= 0.3 is 0 Å². The lowest BCUT2D eigenvalue weighted by Gasteiger charge is -2.25. The fraction of sp³-hybridized carbons (Fsp3) is 0.923. The Hall–Kier alpha value is -0.580. The summed E-state index contributed by atoms with van der Waals surface area (Å²) in [6, 6.07) is -0.153. The lowest BCUT2D eigenvalue weighted by molar-refractivity contribution is -0.126. The van der Waals surface area contributed by atoms with Crippen LogP contribution >= 0.6 is 0 Å². The van der Waals surface area contributed by atoms with Crippen LogP contribution in [0.3, 0.4) is 0 Å². The molecule has 1 amide bonds. The Morgan fingerprint density at radius 3 is 2.22 bits per heavy atom. The van der Waals surface area contributed by atoms with Crippen LogP contribution in [0.5, 0.6) is 0 Å². The molecule has 4 nitrogen and oxygen atoms in total. The third-order valence-corrected chi connectivity index (χ3v) is 5.86. The minimum Gasteiger partial charge on any atom is -0.352 e. The highest BCUT2D eigenvalue weighted by molar-refractivity contribution is 7.91. The van der Waals surface area contributed by atoms with Gasteiger partial charge in [-0.1, -0.05) is 25.7 Å². The molecule has 104 valence electrons. The van der Waals surface area contributed by atoms with Crippen LogP contribution in [-0.2, 0) is 14.6 Å². The second-order valence-corrected chi connectivity index (χ2v) is 7.88. The molecule has 5 heteroatoms. The standard InChI is InChI=1S/C13H23NO3S/c15-13(11-6-3-1-2-4-7-11)14-12-8-5-9-18(16,17)10-12/h11-12H,1-10H2,(H,14,15)/t12-/m0/s1. The molecule has 0 aromatic carbocycles. The number of carbonyl (C=O) groups excluding carboxylic acids is 1. The monoisotopic (exact) mass is 273 g/mol. The summed E-state index contributed by atoms with van der Waals surface area (Å²) < 4.78 is 23.0. The zero-order chi connectivity index (χ0) is 13.0. The minimum atomic E-state index is -2.93. The molecule has 0 spiro atoms. The van der Waals surface area contributed by atoms with Gasteiger partial charge in [0, 0.05) is 12.0 Å². The maximum Gasteiger partial charge on any atom is 0.223 e. The molecule has 1 heterocycles. The summed E-state index contributed by atoms with van der Waals surface area (Å²) in [4.78, 5) is 12.1. The highest BCUT2D eigenvalue weighted by atomic mass is 32.2. The second-order valence-electron chi connectivity index (χ2n) is 5.65. The zero-order valence-corrected chi connectivity index (χ0v) is 11.7. The highest BCUT2D eigenvalue weighted by Crippen LogP contribution is 2.23. The van der Waals surface area contributed by atoms with Gasteiger partial charge in [-0.15, -0.1) is 0 Å². The van der Waals surface area contributed by atoms with E-state index in [0.29, 0.717) is 6.42 Å². The van der Waals surface area contributed by atoms with Gasteiger partial charge in [0.05, 0.1) is 11.5 Å². The molecule has 18 heavy (non-hydrogen) atoms. The predicted molar refractivity (Wildman–Crippen MR) is 71.0 cm³/mol. The largest absolute Gasteiger partial charge is 0.352 e.